The number of hydrogen-bond acceptors (Lipinski definition) is 4. The number of aryl methyl sites for hydroxylation is 1. The van der Waals surface area contributed by atoms with Crippen LogP contribution in [0, 0.1) is 0 Å². The number of benzene rings is 1. The second kappa shape index (κ2) is 8.47. The van der Waals surface area contributed by atoms with Gasteiger partial charge in [-0.05, 0) is 18.2 Å². The number of nitrogens with zero attached hydrogens (tertiary/aromatic N) is 2. The normalized spacial score (nSPS) is 10.2. The van der Waals surface area contributed by atoms with Gasteiger partial charge in [0.25, 0.3) is 5.91 Å². The second-order valence-electron chi connectivity index (χ2n) is 5.08. The minimum atomic E-state index is -0.978. The largest absolute Gasteiger partial charge is 0.481 e. The molecule has 0 spiro atoms. The molecule has 24 heavy (non-hydrogen) atoms. The minimum Gasteiger partial charge on any atom is -0.481 e. The number of imidazole rings is 1. The van der Waals surface area contributed by atoms with E-state index in [-0.39, 0.29) is 31.2 Å². The molecule has 2 aromatic rings. The topological polar surface area (TPSA) is 113 Å². The molecule has 3 N–H and O–H groups in total. The highest BCUT2D eigenvalue weighted by Crippen LogP contribution is 2.11. The number of carboxylic acid groups (broad SMARTS) is 1. The van der Waals surface area contributed by atoms with Crippen LogP contribution in [0.15, 0.2) is 43.0 Å². The molecule has 126 valence electrons. The maximum absolute atomic E-state index is 11.9. The smallest absolute Gasteiger partial charge is 0.305 e. The van der Waals surface area contributed by atoms with Gasteiger partial charge in [0.2, 0.25) is 5.91 Å². The fourth-order valence-electron chi connectivity index (χ4n) is 2.00. The Hall–Kier alpha value is -3.16. The summed E-state index contributed by atoms with van der Waals surface area (Å²) in [5, 5.41) is 13.8. The summed E-state index contributed by atoms with van der Waals surface area (Å²) in [7, 11) is 0. The van der Waals surface area contributed by atoms with Crippen molar-refractivity contribution in [2.75, 3.05) is 11.9 Å². The summed E-state index contributed by atoms with van der Waals surface area (Å²) in [4.78, 5) is 38.2. The van der Waals surface area contributed by atoms with Gasteiger partial charge in [-0.1, -0.05) is 6.07 Å². The van der Waals surface area contributed by atoms with Crippen molar-refractivity contribution >= 4 is 23.5 Å². The molecule has 0 aliphatic carbocycles. The standard InChI is InChI=1S/C16H18N4O4/c21-14(5-8-20-9-7-17-11-20)19-13-3-1-2-12(10-13)16(24)18-6-4-15(22)23/h1-3,7,9-11H,4-6,8H2,(H,18,24)(H,19,21)(H,22,23). The molecular formula is C16H18N4O4. The lowest BCUT2D eigenvalue weighted by Gasteiger charge is -2.08. The Morgan fingerprint density at radius 3 is 2.75 bits per heavy atom. The predicted octanol–water partition coefficient (Wildman–Crippen LogP) is 1.12. The lowest BCUT2D eigenvalue weighted by Crippen LogP contribution is -2.26. The first kappa shape index (κ1) is 17.2. The van der Waals surface area contributed by atoms with Crippen LogP contribution in [-0.2, 0) is 16.1 Å². The summed E-state index contributed by atoms with van der Waals surface area (Å²) in [5.74, 6) is -1.54. The number of amides is 2. The molecule has 1 heterocycles. The molecule has 8 nitrogen and oxygen atoms in total. The molecule has 0 saturated carbocycles. The Bertz CT molecular complexity index is 713. The van der Waals surface area contributed by atoms with E-state index in [2.05, 4.69) is 15.6 Å². The summed E-state index contributed by atoms with van der Waals surface area (Å²) in [6.45, 7) is 0.566. The van der Waals surface area contributed by atoms with Crippen molar-refractivity contribution < 1.29 is 19.5 Å². The van der Waals surface area contributed by atoms with E-state index in [4.69, 9.17) is 5.11 Å². The summed E-state index contributed by atoms with van der Waals surface area (Å²) in [5.41, 5.74) is 0.865. The molecule has 0 aliphatic rings. The number of aromatic nitrogens is 2. The number of nitrogens with one attached hydrogen (secondary N) is 2. The lowest BCUT2D eigenvalue weighted by molar-refractivity contribution is -0.136. The maximum Gasteiger partial charge on any atom is 0.305 e. The van der Waals surface area contributed by atoms with Crippen LogP contribution in [-0.4, -0.2) is 39.0 Å². The van der Waals surface area contributed by atoms with Crippen LogP contribution in [0.1, 0.15) is 23.2 Å². The highest BCUT2D eigenvalue weighted by Gasteiger charge is 2.08. The second-order valence-corrected chi connectivity index (χ2v) is 5.08. The van der Waals surface area contributed by atoms with E-state index in [1.165, 1.54) is 0 Å². The zero-order chi connectivity index (χ0) is 17.4. The molecule has 0 aliphatic heterocycles. The third-order valence-corrected chi connectivity index (χ3v) is 3.19. The summed E-state index contributed by atoms with van der Waals surface area (Å²) in [6.07, 6.45) is 5.19. The zero-order valence-corrected chi connectivity index (χ0v) is 12.9. The SMILES string of the molecule is O=C(O)CCNC(=O)c1cccc(NC(=O)CCn2ccnc2)c1. The predicted molar refractivity (Wildman–Crippen MR) is 86.5 cm³/mol. The van der Waals surface area contributed by atoms with Crippen LogP contribution in [0.25, 0.3) is 0 Å². The number of aliphatic carboxylic acids is 1. The van der Waals surface area contributed by atoms with Gasteiger partial charge in [-0.15, -0.1) is 0 Å². The van der Waals surface area contributed by atoms with Crippen LogP contribution in [0.4, 0.5) is 5.69 Å². The van der Waals surface area contributed by atoms with Crippen molar-refractivity contribution in [1.82, 2.24) is 14.9 Å². The van der Waals surface area contributed by atoms with Gasteiger partial charge in [-0.3, -0.25) is 14.4 Å². The molecule has 0 bridgehead atoms. The molecule has 0 unspecified atom stereocenters. The van der Waals surface area contributed by atoms with Crippen LogP contribution in [0.3, 0.4) is 0 Å². The van der Waals surface area contributed by atoms with Gasteiger partial charge in [0.15, 0.2) is 0 Å². The Labute approximate surface area is 138 Å². The molecule has 2 amide bonds. The van der Waals surface area contributed by atoms with Crippen molar-refractivity contribution in [2.45, 2.75) is 19.4 Å². The molecule has 2 rings (SSSR count). The summed E-state index contributed by atoms with van der Waals surface area (Å²) < 4.78 is 1.80. The number of carbonyl (C=O) groups excluding carboxylic acids is 2. The van der Waals surface area contributed by atoms with Gasteiger partial charge in [0.05, 0.1) is 12.7 Å². The van der Waals surface area contributed by atoms with Gasteiger partial charge >= 0.3 is 5.97 Å². The van der Waals surface area contributed by atoms with Gasteiger partial charge in [0.1, 0.15) is 0 Å². The number of carbonyl (C=O) groups is 3. The third kappa shape index (κ3) is 5.56. The Kier molecular flexibility index (Phi) is 6.07. The quantitative estimate of drug-likeness (QED) is 0.671. The molecule has 1 aromatic carbocycles. The average Bonchev–Trinajstić information content (AvgIpc) is 3.06. The third-order valence-electron chi connectivity index (χ3n) is 3.19. The summed E-state index contributed by atoms with van der Waals surface area (Å²) in [6, 6.07) is 6.48. The Balaban J connectivity index is 1.86. The average molecular weight is 330 g/mol. The van der Waals surface area contributed by atoms with Crippen molar-refractivity contribution in [3.8, 4) is 0 Å². The van der Waals surface area contributed by atoms with E-state index >= 15 is 0 Å². The monoisotopic (exact) mass is 330 g/mol. The fraction of sp³-hybridized carbons (Fsp3) is 0.250. The van der Waals surface area contributed by atoms with E-state index in [1.54, 1.807) is 47.6 Å². The van der Waals surface area contributed by atoms with Crippen molar-refractivity contribution in [2.24, 2.45) is 0 Å². The van der Waals surface area contributed by atoms with E-state index in [0.717, 1.165) is 0 Å². The van der Waals surface area contributed by atoms with E-state index < -0.39 is 5.97 Å². The van der Waals surface area contributed by atoms with Crippen LogP contribution >= 0.6 is 0 Å². The molecular weight excluding hydrogens is 312 g/mol. The zero-order valence-electron chi connectivity index (χ0n) is 12.9. The Morgan fingerprint density at radius 1 is 1.21 bits per heavy atom. The first-order valence-corrected chi connectivity index (χ1v) is 7.40. The van der Waals surface area contributed by atoms with Gasteiger partial charge in [-0.25, -0.2) is 4.98 Å². The molecule has 8 heteroatoms. The molecule has 0 saturated heterocycles. The molecule has 0 fully saturated rings. The number of rotatable bonds is 8. The van der Waals surface area contributed by atoms with E-state index in [9.17, 15) is 14.4 Å². The minimum absolute atomic E-state index is 0.0512. The van der Waals surface area contributed by atoms with Crippen LogP contribution in [0.2, 0.25) is 0 Å². The highest BCUT2D eigenvalue weighted by atomic mass is 16.4. The van der Waals surface area contributed by atoms with Crippen molar-refractivity contribution in [3.05, 3.63) is 48.5 Å². The first-order chi connectivity index (χ1) is 11.5. The van der Waals surface area contributed by atoms with Gasteiger partial charge in [-0.2, -0.15) is 0 Å². The molecule has 0 radical (unpaired) electrons. The maximum atomic E-state index is 11.9. The van der Waals surface area contributed by atoms with E-state index in [0.29, 0.717) is 17.8 Å². The van der Waals surface area contributed by atoms with Gasteiger partial charge < -0.3 is 20.3 Å². The Morgan fingerprint density at radius 2 is 2.04 bits per heavy atom. The summed E-state index contributed by atoms with van der Waals surface area (Å²) >= 11 is 0. The van der Waals surface area contributed by atoms with Crippen molar-refractivity contribution in [1.29, 1.82) is 0 Å². The lowest BCUT2D eigenvalue weighted by atomic mass is 10.2. The van der Waals surface area contributed by atoms with E-state index in [1.807, 2.05) is 0 Å². The van der Waals surface area contributed by atoms with Crippen LogP contribution in [0.5, 0.6) is 0 Å². The van der Waals surface area contributed by atoms with Crippen LogP contribution < -0.4 is 10.6 Å². The molecule has 0 atom stereocenters. The number of anilines is 1. The fourth-order valence-corrected chi connectivity index (χ4v) is 2.00. The molecule has 1 aromatic heterocycles. The van der Waals surface area contributed by atoms with Crippen molar-refractivity contribution in [3.63, 3.8) is 0 Å². The number of carboxylic acids is 1. The highest BCUT2D eigenvalue weighted by molar-refractivity contribution is 5.97. The first-order valence-electron chi connectivity index (χ1n) is 7.40. The number of hydrogen-bond donors (Lipinski definition) is 3. The van der Waals surface area contributed by atoms with Gasteiger partial charge in [0, 0.05) is 43.2 Å².